The van der Waals surface area contributed by atoms with Crippen LogP contribution < -0.4 is 10.2 Å². The van der Waals surface area contributed by atoms with Crippen LogP contribution in [0.4, 0.5) is 11.4 Å². The van der Waals surface area contributed by atoms with Gasteiger partial charge in [0.1, 0.15) is 0 Å². The van der Waals surface area contributed by atoms with Crippen LogP contribution in [0.3, 0.4) is 0 Å². The third kappa shape index (κ3) is 4.01. The first-order chi connectivity index (χ1) is 10.3. The number of hydrogen-bond acceptors (Lipinski definition) is 4. The molecule has 0 heterocycles. The minimum Gasteiger partial charge on any atom is -0.381 e. The molecule has 4 nitrogen and oxygen atoms in total. The maximum absolute atomic E-state index is 11.4. The number of rotatable bonds is 5. The highest BCUT2D eigenvalue weighted by Crippen LogP contribution is 2.22. The Morgan fingerprint density at radius 2 is 1.68 bits per heavy atom. The molecule has 0 atom stereocenters. The molecule has 22 heavy (non-hydrogen) atoms. The highest BCUT2D eigenvalue weighted by molar-refractivity contribution is 7.90. The van der Waals surface area contributed by atoms with E-state index in [1.165, 1.54) is 23.1 Å². The van der Waals surface area contributed by atoms with Gasteiger partial charge in [-0.3, -0.25) is 0 Å². The number of hydrogen-bond donors (Lipinski definition) is 1. The molecule has 0 radical (unpaired) electrons. The van der Waals surface area contributed by atoms with E-state index >= 15 is 0 Å². The van der Waals surface area contributed by atoms with Crippen LogP contribution in [0.25, 0.3) is 0 Å². The topological polar surface area (TPSA) is 49.4 Å². The third-order valence-corrected chi connectivity index (χ3v) is 4.62. The Hall–Kier alpha value is -2.01. The zero-order valence-electron chi connectivity index (χ0n) is 13.4. The van der Waals surface area contributed by atoms with Crippen molar-refractivity contribution in [1.82, 2.24) is 0 Å². The van der Waals surface area contributed by atoms with Crippen LogP contribution in [-0.4, -0.2) is 28.8 Å². The molecule has 1 N–H and O–H groups in total. The second-order valence-electron chi connectivity index (χ2n) is 5.68. The van der Waals surface area contributed by atoms with Gasteiger partial charge < -0.3 is 10.2 Å². The summed E-state index contributed by atoms with van der Waals surface area (Å²) >= 11 is 0. The van der Waals surface area contributed by atoms with E-state index in [1.807, 2.05) is 14.1 Å². The van der Waals surface area contributed by atoms with Crippen LogP contribution >= 0.6 is 0 Å². The molecule has 0 aliphatic rings. The molecule has 2 aromatic carbocycles. The average Bonchev–Trinajstić information content (AvgIpc) is 2.45. The molecule has 0 bridgehead atoms. The van der Waals surface area contributed by atoms with Crippen molar-refractivity contribution in [3.05, 3.63) is 53.6 Å². The monoisotopic (exact) mass is 318 g/mol. The summed E-state index contributed by atoms with van der Waals surface area (Å²) in [5.41, 5.74) is 4.51. The smallest absolute Gasteiger partial charge is 0.175 e. The molecular weight excluding hydrogens is 296 g/mol. The zero-order valence-corrected chi connectivity index (χ0v) is 14.2. The lowest BCUT2D eigenvalue weighted by Gasteiger charge is -2.19. The van der Waals surface area contributed by atoms with Crippen LogP contribution in [-0.2, 0) is 16.4 Å². The summed E-state index contributed by atoms with van der Waals surface area (Å²) in [6, 6.07) is 13.2. The Balaban J connectivity index is 2.14. The van der Waals surface area contributed by atoms with Crippen LogP contribution in [0.1, 0.15) is 11.1 Å². The summed E-state index contributed by atoms with van der Waals surface area (Å²) in [7, 11) is 0.910. The highest BCUT2D eigenvalue weighted by Gasteiger charge is 2.07. The highest BCUT2D eigenvalue weighted by atomic mass is 32.2. The van der Waals surface area contributed by atoms with Crippen molar-refractivity contribution in [3.63, 3.8) is 0 Å². The quantitative estimate of drug-likeness (QED) is 0.920. The van der Waals surface area contributed by atoms with Gasteiger partial charge in [-0.1, -0.05) is 12.1 Å². The van der Waals surface area contributed by atoms with E-state index in [1.54, 1.807) is 24.3 Å². The molecule has 118 valence electrons. The van der Waals surface area contributed by atoms with E-state index in [0.717, 1.165) is 5.69 Å². The lowest BCUT2D eigenvalue weighted by Crippen LogP contribution is -2.13. The molecule has 0 saturated carbocycles. The van der Waals surface area contributed by atoms with Crippen molar-refractivity contribution >= 4 is 21.2 Å². The molecule has 0 aliphatic carbocycles. The lowest BCUT2D eigenvalue weighted by atomic mass is 10.1. The Morgan fingerprint density at radius 1 is 1.05 bits per heavy atom. The number of aryl methyl sites for hydroxylation is 1. The first kappa shape index (κ1) is 16.4. The molecule has 0 aliphatic heterocycles. The number of nitrogens with one attached hydrogen (secondary N) is 1. The number of sulfone groups is 1. The first-order valence-corrected chi connectivity index (χ1v) is 8.97. The minimum absolute atomic E-state index is 0.336. The molecule has 5 heteroatoms. The van der Waals surface area contributed by atoms with E-state index in [-0.39, 0.29) is 0 Å². The van der Waals surface area contributed by atoms with Crippen molar-refractivity contribution in [3.8, 4) is 0 Å². The van der Waals surface area contributed by atoms with Gasteiger partial charge in [-0.25, -0.2) is 8.42 Å². The normalized spacial score (nSPS) is 11.3. The molecule has 2 aromatic rings. The third-order valence-electron chi connectivity index (χ3n) is 3.49. The molecule has 2 rings (SSSR count). The maximum Gasteiger partial charge on any atom is 0.175 e. The van der Waals surface area contributed by atoms with E-state index in [2.05, 4.69) is 35.3 Å². The summed E-state index contributed by atoms with van der Waals surface area (Å²) in [5.74, 6) is 0. The Bertz CT molecular complexity index is 751. The van der Waals surface area contributed by atoms with Crippen LogP contribution in [0.15, 0.2) is 47.4 Å². The van der Waals surface area contributed by atoms with Gasteiger partial charge in [-0.2, -0.15) is 0 Å². The standard InChI is InChI=1S/C17H22N2O2S/c1-13-5-6-14(17(11-13)19(2)3)12-18-15-7-9-16(10-8-15)22(4,20)21/h5-11,18H,12H2,1-4H3. The van der Waals surface area contributed by atoms with E-state index in [9.17, 15) is 8.42 Å². The van der Waals surface area contributed by atoms with E-state index in [0.29, 0.717) is 11.4 Å². The predicted octanol–water partition coefficient (Wildman–Crippen LogP) is 3.08. The van der Waals surface area contributed by atoms with Crippen molar-refractivity contribution in [1.29, 1.82) is 0 Å². The molecule has 0 saturated heterocycles. The fourth-order valence-corrected chi connectivity index (χ4v) is 2.89. The summed E-state index contributed by atoms with van der Waals surface area (Å²) in [5, 5.41) is 3.33. The molecule has 0 fully saturated rings. The van der Waals surface area contributed by atoms with Crippen LogP contribution in [0, 0.1) is 6.92 Å². The number of benzene rings is 2. The fraction of sp³-hybridized carbons (Fsp3) is 0.294. The van der Waals surface area contributed by atoms with Crippen LogP contribution in [0.2, 0.25) is 0 Å². The first-order valence-electron chi connectivity index (χ1n) is 7.08. The zero-order chi connectivity index (χ0) is 16.3. The molecule has 0 amide bonds. The SMILES string of the molecule is Cc1ccc(CNc2ccc(S(C)(=O)=O)cc2)c(N(C)C)c1. The average molecular weight is 318 g/mol. The maximum atomic E-state index is 11.4. The molecular formula is C17H22N2O2S. The van der Waals surface area contributed by atoms with Crippen molar-refractivity contribution in [2.24, 2.45) is 0 Å². The van der Waals surface area contributed by atoms with E-state index < -0.39 is 9.84 Å². The predicted molar refractivity (Wildman–Crippen MR) is 92.4 cm³/mol. The second-order valence-corrected chi connectivity index (χ2v) is 7.69. The lowest BCUT2D eigenvalue weighted by molar-refractivity contribution is 0.602. The largest absolute Gasteiger partial charge is 0.381 e. The molecule has 0 unspecified atom stereocenters. The van der Waals surface area contributed by atoms with Gasteiger partial charge in [0.05, 0.1) is 4.90 Å². The van der Waals surface area contributed by atoms with Gasteiger partial charge in [0, 0.05) is 38.3 Å². The molecule has 0 spiro atoms. The number of nitrogens with zero attached hydrogens (tertiary/aromatic N) is 1. The van der Waals surface area contributed by atoms with Gasteiger partial charge in [0.25, 0.3) is 0 Å². The second kappa shape index (κ2) is 6.40. The van der Waals surface area contributed by atoms with Crippen molar-refractivity contribution < 1.29 is 8.42 Å². The molecule has 0 aromatic heterocycles. The minimum atomic E-state index is -3.14. The summed E-state index contributed by atoms with van der Waals surface area (Å²) in [6.45, 7) is 2.76. The van der Waals surface area contributed by atoms with Crippen LogP contribution in [0.5, 0.6) is 0 Å². The van der Waals surface area contributed by atoms with Gasteiger partial charge >= 0.3 is 0 Å². The summed E-state index contributed by atoms with van der Waals surface area (Å²) in [6.07, 6.45) is 1.21. The van der Waals surface area contributed by atoms with Gasteiger partial charge in [-0.05, 0) is 48.4 Å². The van der Waals surface area contributed by atoms with Gasteiger partial charge in [0.15, 0.2) is 9.84 Å². The Labute approximate surface area is 132 Å². The summed E-state index contributed by atoms with van der Waals surface area (Å²) < 4.78 is 22.9. The van der Waals surface area contributed by atoms with Crippen molar-refractivity contribution in [2.45, 2.75) is 18.4 Å². The fourth-order valence-electron chi connectivity index (χ4n) is 2.26. The summed E-state index contributed by atoms with van der Waals surface area (Å²) in [4.78, 5) is 2.43. The Morgan fingerprint density at radius 3 is 2.23 bits per heavy atom. The van der Waals surface area contributed by atoms with Gasteiger partial charge in [-0.15, -0.1) is 0 Å². The number of anilines is 2. The van der Waals surface area contributed by atoms with Gasteiger partial charge in [0.2, 0.25) is 0 Å². The van der Waals surface area contributed by atoms with E-state index in [4.69, 9.17) is 0 Å². The van der Waals surface area contributed by atoms with Crippen molar-refractivity contribution in [2.75, 3.05) is 30.6 Å². The Kier molecular flexibility index (Phi) is 4.76.